The number of carboxylic acid groups (broad SMARTS) is 1. The van der Waals surface area contributed by atoms with Gasteiger partial charge in [0.15, 0.2) is 0 Å². The highest BCUT2D eigenvalue weighted by Crippen LogP contribution is 2.23. The Morgan fingerprint density at radius 2 is 2.46 bits per heavy atom. The molecule has 1 aliphatic heterocycles. The molecule has 2 heterocycles. The largest absolute Gasteiger partial charge is 0.481 e. The predicted molar refractivity (Wildman–Crippen MR) is 45.4 cm³/mol. The second-order valence-electron chi connectivity index (χ2n) is 3.23. The minimum atomic E-state index is -0.819. The summed E-state index contributed by atoms with van der Waals surface area (Å²) >= 11 is 0. The van der Waals surface area contributed by atoms with Crippen LogP contribution in [0.25, 0.3) is 0 Å². The number of H-pyrrole nitrogens is 1. The van der Waals surface area contributed by atoms with Crippen LogP contribution in [-0.4, -0.2) is 27.8 Å². The van der Waals surface area contributed by atoms with E-state index < -0.39 is 11.9 Å². The Morgan fingerprint density at radius 3 is 3.15 bits per heavy atom. The average molecular weight is 181 g/mol. The molecule has 0 aromatic carbocycles. The molecule has 1 aliphatic rings. The topological polar surface area (TPSA) is 78.0 Å². The molecule has 0 fully saturated rings. The van der Waals surface area contributed by atoms with Gasteiger partial charge in [-0.1, -0.05) is 0 Å². The van der Waals surface area contributed by atoms with Gasteiger partial charge in [-0.2, -0.15) is 5.10 Å². The summed E-state index contributed by atoms with van der Waals surface area (Å²) in [6.45, 7) is 3.08. The summed E-state index contributed by atoms with van der Waals surface area (Å²) in [7, 11) is 0. The smallest absolute Gasteiger partial charge is 0.313 e. The maximum atomic E-state index is 10.8. The molecule has 0 aliphatic carbocycles. The maximum absolute atomic E-state index is 10.8. The highest BCUT2D eigenvalue weighted by atomic mass is 16.4. The fourth-order valence-electron chi connectivity index (χ4n) is 1.62. The van der Waals surface area contributed by atoms with Crippen molar-refractivity contribution in [2.45, 2.75) is 19.4 Å². The molecular formula is C8H11N3O2. The van der Waals surface area contributed by atoms with E-state index in [4.69, 9.17) is 5.11 Å². The number of fused-ring (bicyclic) bond motifs is 1. The molecule has 3 N–H and O–H groups in total. The van der Waals surface area contributed by atoms with E-state index in [1.165, 1.54) is 0 Å². The zero-order valence-corrected chi connectivity index (χ0v) is 7.29. The van der Waals surface area contributed by atoms with Gasteiger partial charge in [0.2, 0.25) is 0 Å². The summed E-state index contributed by atoms with van der Waals surface area (Å²) in [4.78, 5) is 10.8. The van der Waals surface area contributed by atoms with E-state index in [0.717, 1.165) is 11.3 Å². The Kier molecular flexibility index (Phi) is 1.81. The number of hydrogen-bond donors (Lipinski definition) is 3. The number of carboxylic acids is 1. The van der Waals surface area contributed by atoms with Crippen molar-refractivity contribution in [1.29, 1.82) is 0 Å². The molecule has 2 rings (SSSR count). The number of aliphatic carboxylic acids is 1. The lowest BCUT2D eigenvalue weighted by atomic mass is 9.97. The molecule has 70 valence electrons. The molecule has 1 aromatic rings. The van der Waals surface area contributed by atoms with Crippen LogP contribution >= 0.6 is 0 Å². The summed E-state index contributed by atoms with van der Waals surface area (Å²) < 4.78 is 0. The van der Waals surface area contributed by atoms with Crippen LogP contribution in [0.3, 0.4) is 0 Å². The number of nitrogens with one attached hydrogen (secondary N) is 2. The summed E-state index contributed by atoms with van der Waals surface area (Å²) in [6.07, 6.45) is 0. The Hall–Kier alpha value is -1.36. The number of hydrogen-bond acceptors (Lipinski definition) is 3. The second-order valence-corrected chi connectivity index (χ2v) is 3.23. The second kappa shape index (κ2) is 2.85. The molecule has 5 heteroatoms. The molecule has 0 saturated heterocycles. The van der Waals surface area contributed by atoms with E-state index in [2.05, 4.69) is 15.5 Å². The van der Waals surface area contributed by atoms with Crippen LogP contribution < -0.4 is 5.32 Å². The van der Waals surface area contributed by atoms with Crippen LogP contribution in [0.2, 0.25) is 0 Å². The molecule has 0 radical (unpaired) electrons. The van der Waals surface area contributed by atoms with Gasteiger partial charge in [0.05, 0.1) is 5.69 Å². The molecule has 13 heavy (non-hydrogen) atoms. The number of carbonyl (C=O) groups is 1. The molecule has 1 aromatic heterocycles. The minimum Gasteiger partial charge on any atom is -0.481 e. The normalized spacial score (nSPS) is 21.2. The van der Waals surface area contributed by atoms with Crippen LogP contribution in [0, 0.1) is 6.92 Å². The van der Waals surface area contributed by atoms with Crippen molar-refractivity contribution in [2.24, 2.45) is 0 Å². The van der Waals surface area contributed by atoms with Crippen molar-refractivity contribution in [3.63, 3.8) is 0 Å². The van der Waals surface area contributed by atoms with Crippen molar-refractivity contribution in [3.05, 3.63) is 17.0 Å². The molecule has 1 atom stereocenters. The molecule has 5 nitrogen and oxygen atoms in total. The molecular weight excluding hydrogens is 170 g/mol. The third kappa shape index (κ3) is 1.21. The lowest BCUT2D eigenvalue weighted by Gasteiger charge is -2.18. The molecule has 1 unspecified atom stereocenters. The first kappa shape index (κ1) is 8.25. The third-order valence-corrected chi connectivity index (χ3v) is 2.38. The van der Waals surface area contributed by atoms with E-state index in [0.29, 0.717) is 18.8 Å². The lowest BCUT2D eigenvalue weighted by Crippen LogP contribution is -2.32. The van der Waals surface area contributed by atoms with Gasteiger partial charge in [-0.15, -0.1) is 0 Å². The summed E-state index contributed by atoms with van der Waals surface area (Å²) in [6, 6.07) is 0. The Balaban J connectivity index is 2.43. The maximum Gasteiger partial charge on any atom is 0.313 e. The van der Waals surface area contributed by atoms with Gasteiger partial charge >= 0.3 is 5.97 Å². The first-order valence-electron chi connectivity index (χ1n) is 4.17. The zero-order chi connectivity index (χ0) is 9.42. The Labute approximate surface area is 75.2 Å². The number of aryl methyl sites for hydroxylation is 1. The van der Waals surface area contributed by atoms with Gasteiger partial charge in [-0.25, -0.2) is 0 Å². The van der Waals surface area contributed by atoms with Crippen molar-refractivity contribution < 1.29 is 9.90 Å². The fraction of sp³-hybridized carbons (Fsp3) is 0.500. The first-order chi connectivity index (χ1) is 6.20. The van der Waals surface area contributed by atoms with E-state index in [9.17, 15) is 4.79 Å². The quantitative estimate of drug-likeness (QED) is 0.569. The highest BCUT2D eigenvalue weighted by Gasteiger charge is 2.29. The summed E-state index contributed by atoms with van der Waals surface area (Å²) in [5, 5.41) is 18.8. The molecule has 0 saturated carbocycles. The van der Waals surface area contributed by atoms with E-state index in [-0.39, 0.29) is 0 Å². The molecule has 0 amide bonds. The molecule has 0 bridgehead atoms. The summed E-state index contributed by atoms with van der Waals surface area (Å²) in [5.74, 6) is -1.33. The average Bonchev–Trinajstić information content (AvgIpc) is 2.48. The zero-order valence-electron chi connectivity index (χ0n) is 7.29. The van der Waals surface area contributed by atoms with Gasteiger partial charge < -0.3 is 10.4 Å². The van der Waals surface area contributed by atoms with Crippen molar-refractivity contribution in [1.82, 2.24) is 15.5 Å². The SMILES string of the molecule is Cc1[nH]nc2c1CNCC2C(=O)O. The van der Waals surface area contributed by atoms with Crippen molar-refractivity contribution >= 4 is 5.97 Å². The van der Waals surface area contributed by atoms with Gasteiger partial charge in [-0.3, -0.25) is 9.89 Å². The Bertz CT molecular complexity index is 345. The van der Waals surface area contributed by atoms with Gasteiger partial charge in [0.25, 0.3) is 0 Å². The van der Waals surface area contributed by atoms with E-state index in [1.807, 2.05) is 6.92 Å². The number of nitrogens with zero attached hydrogens (tertiary/aromatic N) is 1. The van der Waals surface area contributed by atoms with Crippen LogP contribution in [0.15, 0.2) is 0 Å². The Morgan fingerprint density at radius 1 is 1.69 bits per heavy atom. The predicted octanol–water partition coefficient (Wildman–Crippen LogP) is -0.0105. The van der Waals surface area contributed by atoms with E-state index in [1.54, 1.807) is 0 Å². The van der Waals surface area contributed by atoms with Crippen LogP contribution in [0.4, 0.5) is 0 Å². The van der Waals surface area contributed by atoms with Gasteiger partial charge in [-0.05, 0) is 6.92 Å². The number of rotatable bonds is 1. The minimum absolute atomic E-state index is 0.465. The third-order valence-electron chi connectivity index (χ3n) is 2.38. The van der Waals surface area contributed by atoms with Crippen molar-refractivity contribution in [3.8, 4) is 0 Å². The van der Waals surface area contributed by atoms with Gasteiger partial charge in [0.1, 0.15) is 5.92 Å². The summed E-state index contributed by atoms with van der Waals surface area (Å²) in [5.41, 5.74) is 2.64. The van der Waals surface area contributed by atoms with Gasteiger partial charge in [0, 0.05) is 24.3 Å². The monoisotopic (exact) mass is 181 g/mol. The fourth-order valence-corrected chi connectivity index (χ4v) is 1.62. The van der Waals surface area contributed by atoms with Crippen LogP contribution in [0.1, 0.15) is 22.9 Å². The number of aromatic amines is 1. The van der Waals surface area contributed by atoms with Crippen LogP contribution in [-0.2, 0) is 11.3 Å². The molecule has 0 spiro atoms. The highest BCUT2D eigenvalue weighted by molar-refractivity contribution is 5.76. The lowest BCUT2D eigenvalue weighted by molar-refractivity contribution is -0.138. The first-order valence-corrected chi connectivity index (χ1v) is 4.17. The van der Waals surface area contributed by atoms with Crippen molar-refractivity contribution in [2.75, 3.05) is 6.54 Å². The van der Waals surface area contributed by atoms with Crippen LogP contribution in [0.5, 0.6) is 0 Å². The van der Waals surface area contributed by atoms with E-state index >= 15 is 0 Å². The standard InChI is InChI=1S/C8H11N3O2/c1-4-5-2-9-3-6(8(12)13)7(5)11-10-4/h6,9H,2-3H2,1H3,(H,10,11)(H,12,13). The number of aromatic nitrogens is 2.